The van der Waals surface area contributed by atoms with E-state index in [2.05, 4.69) is 4.98 Å². The second kappa shape index (κ2) is 6.88. The molecule has 2 heterocycles. The van der Waals surface area contributed by atoms with Gasteiger partial charge in [-0.3, -0.25) is 4.79 Å². The third-order valence-corrected chi connectivity index (χ3v) is 5.52. The summed E-state index contributed by atoms with van der Waals surface area (Å²) in [5.41, 5.74) is 1.87. The van der Waals surface area contributed by atoms with E-state index in [1.165, 1.54) is 6.92 Å². The van der Waals surface area contributed by atoms with E-state index in [9.17, 15) is 9.59 Å². The minimum absolute atomic E-state index is 0.310. The fraction of sp³-hybridized carbons (Fsp3) is 0.120. The van der Waals surface area contributed by atoms with Gasteiger partial charge in [-0.25, -0.2) is 4.79 Å². The molecule has 1 N–H and O–H groups in total. The number of ether oxygens (including phenoxy) is 2. The lowest BCUT2D eigenvalue weighted by atomic mass is 9.76. The van der Waals surface area contributed by atoms with Crippen LogP contribution in [-0.2, 0) is 19.9 Å². The van der Waals surface area contributed by atoms with Crippen molar-refractivity contribution in [1.29, 1.82) is 0 Å². The molecular weight excluding hydrogens is 378 g/mol. The maximum absolute atomic E-state index is 13.3. The van der Waals surface area contributed by atoms with Crippen molar-refractivity contribution in [3.05, 3.63) is 107 Å². The summed E-state index contributed by atoms with van der Waals surface area (Å²) in [6.45, 7) is 1.37. The van der Waals surface area contributed by atoms with Gasteiger partial charge in [0.15, 0.2) is 6.10 Å². The molecule has 0 amide bonds. The highest BCUT2D eigenvalue weighted by molar-refractivity contribution is 6.00. The third-order valence-electron chi connectivity index (χ3n) is 5.52. The highest BCUT2D eigenvalue weighted by Gasteiger charge is 2.54. The van der Waals surface area contributed by atoms with Gasteiger partial charge in [0.2, 0.25) is 5.60 Å². The number of hydrogen-bond acceptors (Lipinski definition) is 4. The van der Waals surface area contributed by atoms with E-state index in [0.29, 0.717) is 11.3 Å². The van der Waals surface area contributed by atoms with Gasteiger partial charge >= 0.3 is 11.9 Å². The summed E-state index contributed by atoms with van der Waals surface area (Å²) in [6, 6.07) is 26.4. The second-order valence-corrected chi connectivity index (χ2v) is 7.31. The maximum Gasteiger partial charge on any atom is 0.356 e. The number of nitrogens with one attached hydrogen (secondary N) is 1. The number of carbonyl (C=O) groups is 2. The van der Waals surface area contributed by atoms with Gasteiger partial charge in [0, 0.05) is 34.5 Å². The van der Waals surface area contributed by atoms with E-state index in [1.807, 2.05) is 84.9 Å². The predicted octanol–water partition coefficient (Wildman–Crippen LogP) is 4.89. The smallest absolute Gasteiger partial charge is 0.356 e. The SMILES string of the molecule is CC(=O)OC1c2c([nH]c3ccccc23)C(=O)OC1(c1ccccc1)c1ccccc1. The summed E-state index contributed by atoms with van der Waals surface area (Å²) < 4.78 is 12.1. The summed E-state index contributed by atoms with van der Waals surface area (Å²) in [7, 11) is 0. The summed E-state index contributed by atoms with van der Waals surface area (Å²) in [5, 5.41) is 0.826. The molecule has 0 fully saturated rings. The fourth-order valence-electron chi connectivity index (χ4n) is 4.32. The number of aromatic amines is 1. The van der Waals surface area contributed by atoms with Crippen LogP contribution in [-0.4, -0.2) is 16.9 Å². The number of H-pyrrole nitrogens is 1. The summed E-state index contributed by atoms with van der Waals surface area (Å²) in [4.78, 5) is 28.6. The lowest BCUT2D eigenvalue weighted by molar-refractivity contribution is -0.163. The molecule has 5 rings (SSSR count). The number of benzene rings is 3. The zero-order valence-electron chi connectivity index (χ0n) is 16.3. The van der Waals surface area contributed by atoms with Crippen molar-refractivity contribution in [2.24, 2.45) is 0 Å². The van der Waals surface area contributed by atoms with Crippen molar-refractivity contribution >= 4 is 22.8 Å². The average molecular weight is 397 g/mol. The van der Waals surface area contributed by atoms with Gasteiger partial charge in [0.1, 0.15) is 5.69 Å². The Bertz CT molecular complexity index is 1200. The van der Waals surface area contributed by atoms with Crippen molar-refractivity contribution in [3.8, 4) is 0 Å². The normalized spacial score (nSPS) is 17.2. The molecule has 1 atom stereocenters. The lowest BCUT2D eigenvalue weighted by Crippen LogP contribution is -2.45. The molecule has 1 aliphatic heterocycles. The molecule has 5 heteroatoms. The average Bonchev–Trinajstić information content (AvgIpc) is 3.17. The van der Waals surface area contributed by atoms with E-state index in [0.717, 1.165) is 22.0 Å². The monoisotopic (exact) mass is 397 g/mol. The van der Waals surface area contributed by atoms with Gasteiger partial charge in [0.05, 0.1) is 0 Å². The Kier molecular flexibility index (Phi) is 4.17. The van der Waals surface area contributed by atoms with Crippen LogP contribution in [0.15, 0.2) is 84.9 Å². The van der Waals surface area contributed by atoms with Crippen molar-refractivity contribution in [1.82, 2.24) is 4.98 Å². The topological polar surface area (TPSA) is 68.4 Å². The van der Waals surface area contributed by atoms with Crippen LogP contribution in [0.3, 0.4) is 0 Å². The van der Waals surface area contributed by atoms with Crippen LogP contribution in [0.25, 0.3) is 10.9 Å². The zero-order chi connectivity index (χ0) is 20.7. The maximum atomic E-state index is 13.3. The zero-order valence-corrected chi connectivity index (χ0v) is 16.3. The number of aromatic nitrogens is 1. The molecule has 0 radical (unpaired) electrons. The molecule has 1 aromatic heterocycles. The Balaban J connectivity index is 1.88. The largest absolute Gasteiger partial charge is 0.452 e. The van der Waals surface area contributed by atoms with E-state index in [1.54, 1.807) is 0 Å². The minimum Gasteiger partial charge on any atom is -0.452 e. The molecule has 148 valence electrons. The number of carbonyl (C=O) groups excluding carboxylic acids is 2. The fourth-order valence-corrected chi connectivity index (χ4v) is 4.32. The van der Waals surface area contributed by atoms with E-state index >= 15 is 0 Å². The van der Waals surface area contributed by atoms with Crippen molar-refractivity contribution in [2.75, 3.05) is 0 Å². The Morgan fingerprint density at radius 2 is 1.47 bits per heavy atom. The number of rotatable bonds is 3. The predicted molar refractivity (Wildman–Crippen MR) is 112 cm³/mol. The Labute approximate surface area is 173 Å². The molecule has 0 spiro atoms. The second-order valence-electron chi connectivity index (χ2n) is 7.31. The highest BCUT2D eigenvalue weighted by atomic mass is 16.6. The molecule has 4 aromatic rings. The van der Waals surface area contributed by atoms with Crippen LogP contribution in [0.2, 0.25) is 0 Å². The van der Waals surface area contributed by atoms with Crippen LogP contribution >= 0.6 is 0 Å². The number of fused-ring (bicyclic) bond motifs is 3. The number of para-hydroxylation sites is 1. The van der Waals surface area contributed by atoms with Crippen LogP contribution < -0.4 is 0 Å². The first-order valence-electron chi connectivity index (χ1n) is 9.73. The number of hydrogen-bond donors (Lipinski definition) is 1. The third kappa shape index (κ3) is 2.63. The van der Waals surface area contributed by atoms with Crippen molar-refractivity contribution in [2.45, 2.75) is 18.6 Å². The lowest BCUT2D eigenvalue weighted by Gasteiger charge is -2.43. The van der Waals surface area contributed by atoms with Crippen LogP contribution in [0.4, 0.5) is 0 Å². The van der Waals surface area contributed by atoms with E-state index in [-0.39, 0.29) is 0 Å². The Morgan fingerprint density at radius 1 is 0.900 bits per heavy atom. The van der Waals surface area contributed by atoms with Gasteiger partial charge < -0.3 is 14.5 Å². The molecule has 3 aromatic carbocycles. The van der Waals surface area contributed by atoms with E-state index in [4.69, 9.17) is 9.47 Å². The summed E-state index contributed by atoms with van der Waals surface area (Å²) in [5.74, 6) is -0.942. The van der Waals surface area contributed by atoms with Gasteiger partial charge in [0.25, 0.3) is 0 Å². The van der Waals surface area contributed by atoms with Gasteiger partial charge in [-0.15, -0.1) is 0 Å². The molecule has 0 saturated heterocycles. The first kappa shape index (κ1) is 18.2. The Hall–Kier alpha value is -3.86. The van der Waals surface area contributed by atoms with Gasteiger partial charge in [-0.2, -0.15) is 0 Å². The molecule has 30 heavy (non-hydrogen) atoms. The summed E-state index contributed by atoms with van der Waals surface area (Å²) >= 11 is 0. The summed E-state index contributed by atoms with van der Waals surface area (Å²) in [6.07, 6.45) is -0.858. The van der Waals surface area contributed by atoms with Gasteiger partial charge in [-0.05, 0) is 6.07 Å². The molecule has 1 unspecified atom stereocenters. The minimum atomic E-state index is -1.32. The highest BCUT2D eigenvalue weighted by Crippen LogP contribution is 2.52. The number of cyclic esters (lactones) is 1. The van der Waals surface area contributed by atoms with Crippen LogP contribution in [0.5, 0.6) is 0 Å². The van der Waals surface area contributed by atoms with Crippen molar-refractivity contribution in [3.63, 3.8) is 0 Å². The Morgan fingerprint density at radius 3 is 2.07 bits per heavy atom. The molecular formula is C25H19NO4. The first-order valence-corrected chi connectivity index (χ1v) is 9.73. The molecule has 0 aliphatic carbocycles. The van der Waals surface area contributed by atoms with Crippen LogP contribution in [0, 0.1) is 0 Å². The van der Waals surface area contributed by atoms with Crippen LogP contribution in [0.1, 0.15) is 40.2 Å². The van der Waals surface area contributed by atoms with Gasteiger partial charge in [-0.1, -0.05) is 78.9 Å². The number of esters is 2. The quantitative estimate of drug-likeness (QED) is 0.500. The first-order chi connectivity index (χ1) is 14.6. The molecule has 0 bridgehead atoms. The molecule has 5 nitrogen and oxygen atoms in total. The molecule has 0 saturated carbocycles. The van der Waals surface area contributed by atoms with E-state index < -0.39 is 23.6 Å². The van der Waals surface area contributed by atoms with Crippen molar-refractivity contribution < 1.29 is 19.1 Å². The standard InChI is InChI=1S/C25H19NO4/c1-16(27)29-23-21-19-14-8-9-15-20(19)26-22(21)24(28)30-25(23,17-10-4-2-5-11-17)18-12-6-3-7-13-18/h2-15,23,26H,1H3. The molecule has 1 aliphatic rings.